The molecule has 0 radical (unpaired) electrons. The van der Waals surface area contributed by atoms with Gasteiger partial charge in [0.15, 0.2) is 12.4 Å². The lowest BCUT2D eigenvalue weighted by Crippen LogP contribution is -2.61. The molecule has 8 unspecified atom stereocenters. The molecule has 1 saturated heterocycles. The average Bonchev–Trinajstić information content (AvgIpc) is 3.39. The van der Waals surface area contributed by atoms with Crippen molar-refractivity contribution in [2.24, 2.45) is 0 Å². The maximum absolute atomic E-state index is 13.3. The molecule has 0 spiro atoms. The lowest BCUT2D eigenvalue weighted by atomic mass is 9.99. The Kier molecular flexibility index (Phi) is 46.2. The molecule has 1 fully saturated rings. The number of ether oxygens (including phenoxy) is 3. The van der Waals surface area contributed by atoms with Crippen LogP contribution in [0.3, 0.4) is 0 Å². The molecule has 0 bridgehead atoms. The fourth-order valence-corrected chi connectivity index (χ4v) is 8.55. The predicted molar refractivity (Wildman–Crippen MR) is 301 cm³/mol. The molecule has 0 aliphatic carbocycles. The van der Waals surface area contributed by atoms with Gasteiger partial charge in [0.1, 0.15) is 24.4 Å². The van der Waals surface area contributed by atoms with Crippen molar-refractivity contribution in [3.8, 4) is 0 Å². The lowest BCUT2D eigenvalue weighted by molar-refractivity contribution is -0.305. The first-order valence-corrected chi connectivity index (χ1v) is 29.4. The van der Waals surface area contributed by atoms with E-state index in [4.69, 9.17) is 14.2 Å². The Labute approximate surface area is 444 Å². The summed E-state index contributed by atoms with van der Waals surface area (Å²) in [4.78, 5) is 26.4. The molecule has 420 valence electrons. The average molecular weight is 1030 g/mol. The molecule has 11 heteroatoms. The highest BCUT2D eigenvalue weighted by Crippen LogP contribution is 2.26. The largest absolute Gasteiger partial charge is 0.454 e. The van der Waals surface area contributed by atoms with Crippen LogP contribution in [0, 0.1) is 0 Å². The van der Waals surface area contributed by atoms with Gasteiger partial charge in [-0.25, -0.2) is 0 Å². The minimum Gasteiger partial charge on any atom is -0.454 e. The fraction of sp³-hybridized carbons (Fsp3) is 0.742. The van der Waals surface area contributed by atoms with Crippen LogP contribution >= 0.6 is 0 Å². The van der Waals surface area contributed by atoms with Crippen molar-refractivity contribution in [3.05, 3.63) is 85.1 Å². The molecule has 1 aliphatic rings. The standard InChI is InChI=1S/C62H107NO10/c1-4-7-10-13-16-19-22-24-26-28-30-32-35-38-41-44-47-50-57(67)73-60-59(69)58(68)56(51-64)72-62(60)71-52-53(54(65)48-45-42-39-36-33-21-18-15-12-9-6-3)63-61(70)55(66)49-46-43-40-37-34-31-29-27-25-23-20-17-14-11-8-5-2/h16-17,19-20,24-27,31,34,40,43,45,48,53-56,58-60,62,64-66,68-69H,4-15,18,21-23,28-30,32-33,35-39,41-42,44,46-47,49-52H2,1-3H3,(H,63,70)/b19-16-,20-17-,26-24-,27-25-,34-31-,43-40-,48-45+. The van der Waals surface area contributed by atoms with Crippen molar-refractivity contribution < 1.29 is 49.3 Å². The van der Waals surface area contributed by atoms with Gasteiger partial charge in [0.25, 0.3) is 0 Å². The van der Waals surface area contributed by atoms with Gasteiger partial charge in [-0.2, -0.15) is 0 Å². The molecule has 11 nitrogen and oxygen atoms in total. The van der Waals surface area contributed by atoms with Gasteiger partial charge in [-0.1, -0.05) is 215 Å². The number of hydrogen-bond acceptors (Lipinski definition) is 10. The molecule has 0 aromatic heterocycles. The summed E-state index contributed by atoms with van der Waals surface area (Å²) in [6.07, 6.45) is 53.4. The van der Waals surface area contributed by atoms with Gasteiger partial charge in [-0.3, -0.25) is 9.59 Å². The number of unbranched alkanes of at least 4 members (excludes halogenated alkanes) is 22. The third kappa shape index (κ3) is 38.1. The van der Waals surface area contributed by atoms with Gasteiger partial charge in [0, 0.05) is 6.42 Å². The zero-order valence-electron chi connectivity index (χ0n) is 46.2. The molecule has 1 rings (SSSR count). The number of carbonyl (C=O) groups excluding carboxylic acids is 2. The molecule has 6 N–H and O–H groups in total. The second-order valence-electron chi connectivity index (χ2n) is 20.0. The first-order chi connectivity index (χ1) is 35.7. The van der Waals surface area contributed by atoms with Crippen molar-refractivity contribution in [1.29, 1.82) is 0 Å². The SMILES string of the molecule is CCCCC/C=C\C/C=C\C/C=C\C/C=C\CCC(O)C(=O)NC(COC1OC(CO)C(O)C(O)C1OC(=O)CCCCCCCCC/C=C\C/C=C\CCCCC)C(O)/C=C/CCCCCCCCCCC. The van der Waals surface area contributed by atoms with E-state index in [1.807, 2.05) is 18.2 Å². The van der Waals surface area contributed by atoms with E-state index in [1.54, 1.807) is 6.08 Å². The van der Waals surface area contributed by atoms with E-state index >= 15 is 0 Å². The van der Waals surface area contributed by atoms with Crippen molar-refractivity contribution >= 4 is 11.9 Å². The first kappa shape index (κ1) is 67.9. The maximum atomic E-state index is 13.3. The van der Waals surface area contributed by atoms with Gasteiger partial charge in [-0.05, 0) is 96.3 Å². The van der Waals surface area contributed by atoms with Gasteiger partial charge in [-0.15, -0.1) is 0 Å². The quantitative estimate of drug-likeness (QED) is 0.0195. The summed E-state index contributed by atoms with van der Waals surface area (Å²) in [5, 5.41) is 56.7. The van der Waals surface area contributed by atoms with Crippen LogP contribution in [-0.4, -0.2) is 99.6 Å². The van der Waals surface area contributed by atoms with E-state index in [0.29, 0.717) is 12.8 Å². The number of nitrogens with one attached hydrogen (secondary N) is 1. The van der Waals surface area contributed by atoms with E-state index < -0.39 is 67.4 Å². The Morgan fingerprint density at radius 2 is 0.945 bits per heavy atom. The van der Waals surface area contributed by atoms with E-state index in [0.717, 1.165) is 89.9 Å². The molecule has 0 saturated carbocycles. The number of aliphatic hydroxyl groups excluding tert-OH is 5. The number of rotatable bonds is 48. The third-order valence-corrected chi connectivity index (χ3v) is 13.3. The molecule has 73 heavy (non-hydrogen) atoms. The Morgan fingerprint density at radius 1 is 0.534 bits per heavy atom. The zero-order valence-corrected chi connectivity index (χ0v) is 46.2. The highest BCUT2D eigenvalue weighted by Gasteiger charge is 2.47. The second-order valence-corrected chi connectivity index (χ2v) is 20.0. The van der Waals surface area contributed by atoms with Crippen LogP contribution in [0.5, 0.6) is 0 Å². The normalized spacial score (nSPS) is 20.0. The highest BCUT2D eigenvalue weighted by atomic mass is 16.7. The van der Waals surface area contributed by atoms with Crippen molar-refractivity contribution in [1.82, 2.24) is 5.32 Å². The van der Waals surface area contributed by atoms with Crippen LogP contribution in [0.15, 0.2) is 85.1 Å². The van der Waals surface area contributed by atoms with Crippen LogP contribution in [0.1, 0.15) is 233 Å². The van der Waals surface area contributed by atoms with E-state index in [1.165, 1.54) is 96.3 Å². The van der Waals surface area contributed by atoms with Gasteiger partial charge in [0.2, 0.25) is 5.91 Å². The maximum Gasteiger partial charge on any atom is 0.306 e. The van der Waals surface area contributed by atoms with Crippen LogP contribution in [0.25, 0.3) is 0 Å². The molecule has 1 aliphatic heterocycles. The Balaban J connectivity index is 2.75. The molecule has 0 aromatic carbocycles. The zero-order chi connectivity index (χ0) is 53.3. The fourth-order valence-electron chi connectivity index (χ4n) is 8.55. The van der Waals surface area contributed by atoms with Gasteiger partial charge >= 0.3 is 5.97 Å². The highest BCUT2D eigenvalue weighted by molar-refractivity contribution is 5.80. The molecule has 1 amide bonds. The lowest BCUT2D eigenvalue weighted by Gasteiger charge is -2.41. The summed E-state index contributed by atoms with van der Waals surface area (Å²) in [5.74, 6) is -1.27. The van der Waals surface area contributed by atoms with Crippen LogP contribution in [0.4, 0.5) is 0 Å². The van der Waals surface area contributed by atoms with Crippen LogP contribution in [-0.2, 0) is 23.8 Å². The number of esters is 1. The molecule has 8 atom stereocenters. The first-order valence-electron chi connectivity index (χ1n) is 29.4. The summed E-state index contributed by atoms with van der Waals surface area (Å²) in [5.41, 5.74) is 0. The van der Waals surface area contributed by atoms with Crippen LogP contribution in [0.2, 0.25) is 0 Å². The summed E-state index contributed by atoms with van der Waals surface area (Å²) < 4.78 is 17.5. The van der Waals surface area contributed by atoms with E-state index in [9.17, 15) is 35.1 Å². The summed E-state index contributed by atoms with van der Waals surface area (Å²) in [7, 11) is 0. The van der Waals surface area contributed by atoms with Crippen molar-refractivity contribution in [2.75, 3.05) is 13.2 Å². The number of aliphatic hydroxyl groups is 5. The Morgan fingerprint density at radius 3 is 1.44 bits per heavy atom. The minimum atomic E-state index is -1.63. The Bertz CT molecular complexity index is 1510. The topological polar surface area (TPSA) is 175 Å². The summed E-state index contributed by atoms with van der Waals surface area (Å²) in [6, 6.07) is -1.06. The molecule has 1 heterocycles. The number of carbonyl (C=O) groups is 2. The second kappa shape index (κ2) is 49.7. The summed E-state index contributed by atoms with van der Waals surface area (Å²) >= 11 is 0. The third-order valence-electron chi connectivity index (χ3n) is 13.3. The monoisotopic (exact) mass is 1030 g/mol. The molecule has 0 aromatic rings. The van der Waals surface area contributed by atoms with E-state index in [-0.39, 0.29) is 19.4 Å². The van der Waals surface area contributed by atoms with Gasteiger partial charge in [0.05, 0.1) is 25.4 Å². The van der Waals surface area contributed by atoms with Crippen molar-refractivity contribution in [2.45, 2.75) is 282 Å². The molecular formula is C62H107NO10. The summed E-state index contributed by atoms with van der Waals surface area (Å²) in [6.45, 7) is 5.67. The number of allylic oxidation sites excluding steroid dienone is 13. The van der Waals surface area contributed by atoms with Gasteiger partial charge < -0.3 is 45.1 Å². The predicted octanol–water partition coefficient (Wildman–Crippen LogP) is 13.4. The van der Waals surface area contributed by atoms with Crippen molar-refractivity contribution in [3.63, 3.8) is 0 Å². The number of hydrogen-bond donors (Lipinski definition) is 6. The van der Waals surface area contributed by atoms with E-state index in [2.05, 4.69) is 86.8 Å². The molecular weight excluding hydrogens is 919 g/mol. The number of amides is 1. The van der Waals surface area contributed by atoms with Crippen LogP contribution < -0.4 is 5.32 Å². The smallest absolute Gasteiger partial charge is 0.306 e. The minimum absolute atomic E-state index is 0.105. The Hall–Kier alpha value is -3.16.